The van der Waals surface area contributed by atoms with E-state index >= 15 is 0 Å². The average molecular weight is 402 g/mol. The molecule has 1 aliphatic rings. The van der Waals surface area contributed by atoms with Crippen LogP contribution >= 0.6 is 0 Å². The van der Waals surface area contributed by atoms with Crippen LogP contribution in [0.4, 0.5) is 5.82 Å². The molecule has 154 valence electrons. The lowest BCUT2D eigenvalue weighted by molar-refractivity contribution is 0.0950. The maximum atomic E-state index is 12.7. The molecule has 0 aliphatic carbocycles. The van der Waals surface area contributed by atoms with Gasteiger partial charge in [-0.3, -0.25) is 4.79 Å². The van der Waals surface area contributed by atoms with Gasteiger partial charge in [-0.15, -0.1) is 0 Å². The van der Waals surface area contributed by atoms with E-state index in [0.29, 0.717) is 12.1 Å². The van der Waals surface area contributed by atoms with Gasteiger partial charge < -0.3 is 20.3 Å². The van der Waals surface area contributed by atoms with Gasteiger partial charge in [-0.1, -0.05) is 42.5 Å². The standard InChI is InChI=1S/C24H26N4O2/c1-30-21-9-5-6-18(14-21)16-27-24(29)20-10-11-26-23(15-20)28-13-12-25-22(17-28)19-7-3-2-4-8-19/h2-11,14-15,22,25H,12-13,16-17H2,1H3,(H,27,29)/t22-/m1/s1. The van der Waals surface area contributed by atoms with Crippen molar-refractivity contribution in [2.45, 2.75) is 12.6 Å². The summed E-state index contributed by atoms with van der Waals surface area (Å²) in [7, 11) is 1.63. The highest BCUT2D eigenvalue weighted by molar-refractivity contribution is 5.94. The molecule has 1 atom stereocenters. The fourth-order valence-electron chi connectivity index (χ4n) is 3.67. The van der Waals surface area contributed by atoms with Crippen molar-refractivity contribution >= 4 is 11.7 Å². The summed E-state index contributed by atoms with van der Waals surface area (Å²) < 4.78 is 5.24. The van der Waals surface area contributed by atoms with Crippen LogP contribution < -0.4 is 20.3 Å². The molecule has 0 bridgehead atoms. The summed E-state index contributed by atoms with van der Waals surface area (Å²) in [5.74, 6) is 1.49. The zero-order valence-electron chi connectivity index (χ0n) is 17.0. The Morgan fingerprint density at radius 3 is 2.87 bits per heavy atom. The van der Waals surface area contributed by atoms with Crippen molar-refractivity contribution < 1.29 is 9.53 Å². The minimum absolute atomic E-state index is 0.115. The minimum atomic E-state index is -0.115. The Balaban J connectivity index is 1.42. The number of hydrogen-bond acceptors (Lipinski definition) is 5. The monoisotopic (exact) mass is 402 g/mol. The van der Waals surface area contributed by atoms with Crippen LogP contribution in [0.25, 0.3) is 0 Å². The third kappa shape index (κ3) is 4.78. The lowest BCUT2D eigenvalue weighted by atomic mass is 10.0. The van der Waals surface area contributed by atoms with E-state index in [9.17, 15) is 4.79 Å². The van der Waals surface area contributed by atoms with E-state index < -0.39 is 0 Å². The number of pyridine rings is 1. The largest absolute Gasteiger partial charge is 0.497 e. The fourth-order valence-corrected chi connectivity index (χ4v) is 3.67. The van der Waals surface area contributed by atoms with E-state index in [0.717, 1.165) is 36.8 Å². The van der Waals surface area contributed by atoms with Crippen molar-refractivity contribution in [3.63, 3.8) is 0 Å². The SMILES string of the molecule is COc1cccc(CNC(=O)c2ccnc(N3CCN[C@@H](c4ccccc4)C3)c2)c1. The summed E-state index contributed by atoms with van der Waals surface area (Å²) in [6.07, 6.45) is 1.70. The highest BCUT2D eigenvalue weighted by Crippen LogP contribution is 2.22. The first-order valence-corrected chi connectivity index (χ1v) is 10.1. The first-order valence-electron chi connectivity index (χ1n) is 10.1. The van der Waals surface area contributed by atoms with E-state index in [1.807, 2.05) is 36.4 Å². The third-order valence-electron chi connectivity index (χ3n) is 5.30. The van der Waals surface area contributed by atoms with Crippen molar-refractivity contribution in [2.75, 3.05) is 31.6 Å². The molecule has 0 radical (unpaired) electrons. The predicted molar refractivity (Wildman–Crippen MR) is 118 cm³/mol. The number of benzene rings is 2. The Morgan fingerprint density at radius 1 is 1.17 bits per heavy atom. The Hall–Kier alpha value is -3.38. The number of aromatic nitrogens is 1. The maximum Gasteiger partial charge on any atom is 0.251 e. The molecule has 3 aromatic rings. The molecule has 1 saturated heterocycles. The molecule has 1 fully saturated rings. The lowest BCUT2D eigenvalue weighted by Crippen LogP contribution is -2.46. The average Bonchev–Trinajstić information content (AvgIpc) is 2.83. The van der Waals surface area contributed by atoms with Gasteiger partial charge in [0, 0.05) is 44.0 Å². The minimum Gasteiger partial charge on any atom is -0.497 e. The number of methoxy groups -OCH3 is 1. The first kappa shape index (κ1) is 19.9. The summed E-state index contributed by atoms with van der Waals surface area (Å²) in [4.78, 5) is 19.4. The number of ether oxygens (including phenoxy) is 1. The Bertz CT molecular complexity index is 993. The van der Waals surface area contributed by atoms with Gasteiger partial charge in [0.2, 0.25) is 0 Å². The molecule has 0 saturated carbocycles. The smallest absolute Gasteiger partial charge is 0.251 e. The summed E-state index contributed by atoms with van der Waals surface area (Å²) in [5, 5.41) is 6.54. The van der Waals surface area contributed by atoms with E-state index in [2.05, 4.69) is 44.8 Å². The highest BCUT2D eigenvalue weighted by atomic mass is 16.5. The van der Waals surface area contributed by atoms with E-state index in [4.69, 9.17) is 4.74 Å². The molecule has 2 aromatic carbocycles. The first-order chi connectivity index (χ1) is 14.7. The van der Waals surface area contributed by atoms with Crippen molar-refractivity contribution in [3.05, 3.63) is 89.6 Å². The molecule has 1 aliphatic heterocycles. The highest BCUT2D eigenvalue weighted by Gasteiger charge is 2.22. The number of carbonyl (C=O) groups is 1. The van der Waals surface area contributed by atoms with Gasteiger partial charge in [-0.2, -0.15) is 0 Å². The Labute approximate surface area is 176 Å². The van der Waals surface area contributed by atoms with Crippen LogP contribution in [0.1, 0.15) is 27.5 Å². The third-order valence-corrected chi connectivity index (χ3v) is 5.30. The van der Waals surface area contributed by atoms with E-state index in [1.165, 1.54) is 5.56 Å². The quantitative estimate of drug-likeness (QED) is 0.663. The topological polar surface area (TPSA) is 66.5 Å². The van der Waals surface area contributed by atoms with Crippen molar-refractivity contribution in [2.24, 2.45) is 0 Å². The normalized spacial score (nSPS) is 16.2. The Morgan fingerprint density at radius 2 is 2.03 bits per heavy atom. The second kappa shape index (κ2) is 9.41. The predicted octanol–water partition coefficient (Wildman–Crippen LogP) is 3.17. The molecule has 1 amide bonds. The molecule has 1 aromatic heterocycles. The van der Waals surface area contributed by atoms with Crippen LogP contribution in [0.3, 0.4) is 0 Å². The molecule has 6 nitrogen and oxygen atoms in total. The fraction of sp³-hybridized carbons (Fsp3) is 0.250. The van der Waals surface area contributed by atoms with E-state index in [1.54, 1.807) is 19.4 Å². The summed E-state index contributed by atoms with van der Waals surface area (Å²) in [6, 6.07) is 22.0. The zero-order valence-corrected chi connectivity index (χ0v) is 17.0. The second-order valence-electron chi connectivity index (χ2n) is 7.30. The summed E-state index contributed by atoms with van der Waals surface area (Å²) >= 11 is 0. The number of hydrogen-bond donors (Lipinski definition) is 2. The number of piperazine rings is 1. The number of amides is 1. The van der Waals surface area contributed by atoms with Crippen LogP contribution in [-0.2, 0) is 6.54 Å². The molecular formula is C24H26N4O2. The van der Waals surface area contributed by atoms with Gasteiger partial charge >= 0.3 is 0 Å². The number of nitrogens with zero attached hydrogens (tertiary/aromatic N) is 2. The lowest BCUT2D eigenvalue weighted by Gasteiger charge is -2.34. The summed E-state index contributed by atoms with van der Waals surface area (Å²) in [5.41, 5.74) is 2.86. The molecule has 30 heavy (non-hydrogen) atoms. The van der Waals surface area contributed by atoms with Crippen molar-refractivity contribution in [3.8, 4) is 5.75 Å². The van der Waals surface area contributed by atoms with E-state index in [-0.39, 0.29) is 11.9 Å². The van der Waals surface area contributed by atoms with Gasteiger partial charge in [0.05, 0.1) is 7.11 Å². The number of nitrogens with one attached hydrogen (secondary N) is 2. The molecule has 4 rings (SSSR count). The van der Waals surface area contributed by atoms with Crippen LogP contribution in [0.15, 0.2) is 72.9 Å². The van der Waals surface area contributed by atoms with Crippen LogP contribution in [0, 0.1) is 0 Å². The van der Waals surface area contributed by atoms with Crippen LogP contribution in [-0.4, -0.2) is 37.6 Å². The number of anilines is 1. The number of rotatable bonds is 6. The van der Waals surface area contributed by atoms with Crippen LogP contribution in [0.2, 0.25) is 0 Å². The molecule has 0 unspecified atom stereocenters. The maximum absolute atomic E-state index is 12.7. The van der Waals surface area contributed by atoms with Gasteiger partial charge in [0.1, 0.15) is 11.6 Å². The molecular weight excluding hydrogens is 376 g/mol. The van der Waals surface area contributed by atoms with Crippen molar-refractivity contribution in [1.29, 1.82) is 0 Å². The molecule has 2 N–H and O–H groups in total. The van der Waals surface area contributed by atoms with Crippen molar-refractivity contribution in [1.82, 2.24) is 15.6 Å². The van der Waals surface area contributed by atoms with Gasteiger partial charge in [-0.25, -0.2) is 4.98 Å². The Kier molecular flexibility index (Phi) is 6.25. The van der Waals surface area contributed by atoms with Gasteiger partial charge in [0.25, 0.3) is 5.91 Å². The molecule has 2 heterocycles. The molecule has 6 heteroatoms. The van der Waals surface area contributed by atoms with Crippen LogP contribution in [0.5, 0.6) is 5.75 Å². The summed E-state index contributed by atoms with van der Waals surface area (Å²) in [6.45, 7) is 2.97. The zero-order chi connectivity index (χ0) is 20.8. The number of carbonyl (C=O) groups excluding carboxylic acids is 1. The second-order valence-corrected chi connectivity index (χ2v) is 7.30. The van der Waals surface area contributed by atoms with Gasteiger partial charge in [-0.05, 0) is 35.4 Å². The van der Waals surface area contributed by atoms with Gasteiger partial charge in [0.15, 0.2) is 0 Å². The molecule has 0 spiro atoms.